The van der Waals surface area contributed by atoms with E-state index in [-0.39, 0.29) is 12.0 Å². The van der Waals surface area contributed by atoms with Crippen molar-refractivity contribution in [3.05, 3.63) is 53.6 Å². The SMILES string of the molecule is COc1cc(C(=O)N(C)Cc2ccccc2N2CCCCC2)ccc1OC(C)C. The van der Waals surface area contributed by atoms with E-state index in [1.165, 1.54) is 30.5 Å². The van der Waals surface area contributed by atoms with Gasteiger partial charge in [-0.2, -0.15) is 0 Å². The predicted octanol–water partition coefficient (Wildman–Crippen LogP) is 4.74. The van der Waals surface area contributed by atoms with Gasteiger partial charge in [0.25, 0.3) is 5.91 Å². The molecule has 0 aliphatic carbocycles. The van der Waals surface area contributed by atoms with Gasteiger partial charge >= 0.3 is 0 Å². The van der Waals surface area contributed by atoms with Crippen LogP contribution in [0.5, 0.6) is 11.5 Å². The van der Waals surface area contributed by atoms with Gasteiger partial charge < -0.3 is 19.3 Å². The van der Waals surface area contributed by atoms with Crippen molar-refractivity contribution in [2.75, 3.05) is 32.1 Å². The maximum absolute atomic E-state index is 13.1. The van der Waals surface area contributed by atoms with Crippen molar-refractivity contribution in [3.63, 3.8) is 0 Å². The van der Waals surface area contributed by atoms with E-state index in [9.17, 15) is 4.79 Å². The molecule has 29 heavy (non-hydrogen) atoms. The van der Waals surface area contributed by atoms with Crippen LogP contribution in [0.25, 0.3) is 0 Å². The van der Waals surface area contributed by atoms with Crippen LogP contribution in [0.4, 0.5) is 5.69 Å². The third-order valence-corrected chi connectivity index (χ3v) is 5.22. The Morgan fingerprint density at radius 3 is 2.48 bits per heavy atom. The number of carbonyl (C=O) groups is 1. The number of ether oxygens (including phenoxy) is 2. The highest BCUT2D eigenvalue weighted by atomic mass is 16.5. The standard InChI is InChI=1S/C24H32N2O3/c1-18(2)29-22-13-12-19(16-23(22)28-4)24(27)25(3)17-20-10-6-7-11-21(20)26-14-8-5-9-15-26/h6-7,10-13,16,18H,5,8-9,14-15,17H2,1-4H3. The normalized spacial score (nSPS) is 14.0. The number of carbonyl (C=O) groups excluding carboxylic acids is 1. The molecule has 1 fully saturated rings. The Balaban J connectivity index is 1.76. The topological polar surface area (TPSA) is 42.0 Å². The molecule has 0 N–H and O–H groups in total. The molecular weight excluding hydrogens is 364 g/mol. The summed E-state index contributed by atoms with van der Waals surface area (Å²) in [5, 5.41) is 0. The second-order valence-electron chi connectivity index (χ2n) is 7.87. The Morgan fingerprint density at radius 1 is 1.07 bits per heavy atom. The van der Waals surface area contributed by atoms with Crippen LogP contribution in [-0.2, 0) is 6.54 Å². The molecule has 1 aliphatic heterocycles. The molecule has 5 nitrogen and oxygen atoms in total. The van der Waals surface area contributed by atoms with Crippen molar-refractivity contribution in [2.45, 2.75) is 45.8 Å². The second-order valence-corrected chi connectivity index (χ2v) is 7.87. The van der Waals surface area contributed by atoms with E-state index in [1.54, 1.807) is 24.1 Å². The number of rotatable bonds is 7. The highest BCUT2D eigenvalue weighted by Gasteiger charge is 2.19. The van der Waals surface area contributed by atoms with Crippen LogP contribution in [0.3, 0.4) is 0 Å². The quantitative estimate of drug-likeness (QED) is 0.678. The zero-order chi connectivity index (χ0) is 20.8. The summed E-state index contributed by atoms with van der Waals surface area (Å²) in [7, 11) is 3.44. The third-order valence-electron chi connectivity index (χ3n) is 5.22. The Kier molecular flexibility index (Phi) is 7.02. The molecule has 0 spiro atoms. The van der Waals surface area contributed by atoms with Gasteiger partial charge in [0.1, 0.15) is 0 Å². The lowest BCUT2D eigenvalue weighted by Gasteiger charge is -2.31. The van der Waals surface area contributed by atoms with Crippen LogP contribution in [0, 0.1) is 0 Å². The molecule has 1 saturated heterocycles. The first-order valence-corrected chi connectivity index (χ1v) is 10.4. The molecule has 0 atom stereocenters. The summed E-state index contributed by atoms with van der Waals surface area (Å²) in [5.74, 6) is 1.19. The fourth-order valence-corrected chi connectivity index (χ4v) is 3.79. The number of amides is 1. The van der Waals surface area contributed by atoms with Crippen LogP contribution >= 0.6 is 0 Å². The summed E-state index contributed by atoms with van der Waals surface area (Å²) in [5.41, 5.74) is 3.01. The fourth-order valence-electron chi connectivity index (χ4n) is 3.79. The number of piperidine rings is 1. The number of hydrogen-bond acceptors (Lipinski definition) is 4. The lowest BCUT2D eigenvalue weighted by Crippen LogP contribution is -2.32. The van der Waals surface area contributed by atoms with Crippen molar-refractivity contribution < 1.29 is 14.3 Å². The highest BCUT2D eigenvalue weighted by Crippen LogP contribution is 2.30. The van der Waals surface area contributed by atoms with Gasteiger partial charge in [-0.3, -0.25) is 4.79 Å². The van der Waals surface area contributed by atoms with Crippen molar-refractivity contribution in [1.29, 1.82) is 0 Å². The molecule has 2 aromatic rings. The van der Waals surface area contributed by atoms with Crippen LogP contribution in [0.15, 0.2) is 42.5 Å². The largest absolute Gasteiger partial charge is 0.493 e. The Hall–Kier alpha value is -2.69. The van der Waals surface area contributed by atoms with E-state index in [0.29, 0.717) is 23.6 Å². The summed E-state index contributed by atoms with van der Waals surface area (Å²) in [6.45, 7) is 6.67. The predicted molar refractivity (Wildman–Crippen MR) is 117 cm³/mol. The van der Waals surface area contributed by atoms with E-state index in [4.69, 9.17) is 9.47 Å². The molecule has 2 aromatic carbocycles. The molecule has 3 rings (SSSR count). The number of nitrogens with zero attached hydrogens (tertiary/aromatic N) is 2. The summed E-state index contributed by atoms with van der Waals surface area (Å²) >= 11 is 0. The monoisotopic (exact) mass is 396 g/mol. The average Bonchev–Trinajstić information content (AvgIpc) is 2.74. The van der Waals surface area contributed by atoms with Gasteiger partial charge in [-0.25, -0.2) is 0 Å². The molecule has 1 aliphatic rings. The number of methoxy groups -OCH3 is 1. The summed E-state index contributed by atoms with van der Waals surface area (Å²) < 4.78 is 11.2. The molecule has 0 bridgehead atoms. The van der Waals surface area contributed by atoms with E-state index in [2.05, 4.69) is 23.1 Å². The summed E-state index contributed by atoms with van der Waals surface area (Å²) in [4.78, 5) is 17.3. The van der Waals surface area contributed by atoms with Gasteiger partial charge in [0.05, 0.1) is 13.2 Å². The van der Waals surface area contributed by atoms with Crippen LogP contribution in [0.1, 0.15) is 49.0 Å². The van der Waals surface area contributed by atoms with Gasteiger partial charge in [-0.1, -0.05) is 18.2 Å². The molecular formula is C24H32N2O3. The number of anilines is 1. The van der Waals surface area contributed by atoms with E-state index in [0.717, 1.165) is 13.1 Å². The van der Waals surface area contributed by atoms with Crippen LogP contribution < -0.4 is 14.4 Å². The minimum atomic E-state index is -0.0344. The average molecular weight is 397 g/mol. The Labute approximate surface area is 174 Å². The second kappa shape index (κ2) is 9.68. The Bertz CT molecular complexity index is 829. The van der Waals surface area contributed by atoms with Crippen molar-refractivity contribution in [1.82, 2.24) is 4.90 Å². The van der Waals surface area contributed by atoms with Gasteiger partial charge in [-0.05, 0) is 62.9 Å². The first kappa shape index (κ1) is 21.0. The van der Waals surface area contributed by atoms with Gasteiger partial charge in [0, 0.05) is 37.9 Å². The Morgan fingerprint density at radius 2 is 1.79 bits per heavy atom. The summed E-state index contributed by atoms with van der Waals surface area (Å²) in [6.07, 6.45) is 3.80. The van der Waals surface area contributed by atoms with Gasteiger partial charge in [0.2, 0.25) is 0 Å². The molecule has 156 valence electrons. The van der Waals surface area contributed by atoms with Crippen molar-refractivity contribution in [2.24, 2.45) is 0 Å². The van der Waals surface area contributed by atoms with Gasteiger partial charge in [-0.15, -0.1) is 0 Å². The minimum Gasteiger partial charge on any atom is -0.493 e. The van der Waals surface area contributed by atoms with Crippen molar-refractivity contribution >= 4 is 11.6 Å². The van der Waals surface area contributed by atoms with Gasteiger partial charge in [0.15, 0.2) is 11.5 Å². The highest BCUT2D eigenvalue weighted by molar-refractivity contribution is 5.94. The molecule has 5 heteroatoms. The number of para-hydroxylation sites is 1. The zero-order valence-electron chi connectivity index (χ0n) is 18.0. The van der Waals surface area contributed by atoms with E-state index >= 15 is 0 Å². The molecule has 0 saturated carbocycles. The maximum Gasteiger partial charge on any atom is 0.254 e. The molecule has 0 radical (unpaired) electrons. The number of hydrogen-bond donors (Lipinski definition) is 0. The lowest BCUT2D eigenvalue weighted by atomic mass is 10.1. The zero-order valence-corrected chi connectivity index (χ0v) is 18.0. The molecule has 0 aromatic heterocycles. The van der Waals surface area contributed by atoms with E-state index < -0.39 is 0 Å². The maximum atomic E-state index is 13.1. The smallest absolute Gasteiger partial charge is 0.254 e. The van der Waals surface area contributed by atoms with Crippen LogP contribution in [-0.4, -0.2) is 44.2 Å². The third kappa shape index (κ3) is 5.22. The van der Waals surface area contributed by atoms with Crippen molar-refractivity contribution in [3.8, 4) is 11.5 Å². The van der Waals surface area contributed by atoms with E-state index in [1.807, 2.05) is 33.0 Å². The molecule has 1 heterocycles. The lowest BCUT2D eigenvalue weighted by molar-refractivity contribution is 0.0785. The van der Waals surface area contributed by atoms with Crippen LogP contribution in [0.2, 0.25) is 0 Å². The first-order chi connectivity index (χ1) is 14.0. The molecule has 1 amide bonds. The fraction of sp³-hybridized carbons (Fsp3) is 0.458. The summed E-state index contributed by atoms with van der Waals surface area (Å²) in [6, 6.07) is 13.8. The number of benzene rings is 2. The molecule has 0 unspecified atom stereocenters. The minimum absolute atomic E-state index is 0.0344. The first-order valence-electron chi connectivity index (χ1n) is 10.4.